The summed E-state index contributed by atoms with van der Waals surface area (Å²) in [6.07, 6.45) is 0.170. The standard InChI is InChI=1S/C28H29N3O4/c1-19(2)35-23-14-12-22(13-15-23)31-18-21(16-26(31)32)27(33)30-25-11-7-6-10-24(25)28(34)29-17-20-8-4-3-5-9-20/h3-15,19,21H,16-18H2,1-2H3,(H,29,34)(H,30,33)/t21-/m1/s1. The maximum absolute atomic E-state index is 13.0. The first-order chi connectivity index (χ1) is 16.9. The van der Waals surface area contributed by atoms with Crippen LogP contribution in [0, 0.1) is 5.92 Å². The Kier molecular flexibility index (Phi) is 7.45. The van der Waals surface area contributed by atoms with E-state index in [2.05, 4.69) is 10.6 Å². The van der Waals surface area contributed by atoms with Crippen molar-refractivity contribution >= 4 is 29.1 Å². The van der Waals surface area contributed by atoms with E-state index in [0.29, 0.717) is 17.8 Å². The third-order valence-corrected chi connectivity index (χ3v) is 5.74. The van der Waals surface area contributed by atoms with Gasteiger partial charge in [-0.1, -0.05) is 42.5 Å². The summed E-state index contributed by atoms with van der Waals surface area (Å²) < 4.78 is 5.66. The topological polar surface area (TPSA) is 87.7 Å². The van der Waals surface area contributed by atoms with Crippen LogP contribution in [0.25, 0.3) is 0 Å². The highest BCUT2D eigenvalue weighted by atomic mass is 16.5. The van der Waals surface area contributed by atoms with Gasteiger partial charge in [-0.25, -0.2) is 0 Å². The Morgan fingerprint density at radius 2 is 1.66 bits per heavy atom. The van der Waals surface area contributed by atoms with Crippen LogP contribution in [0.5, 0.6) is 5.75 Å². The van der Waals surface area contributed by atoms with Crippen molar-refractivity contribution in [2.75, 3.05) is 16.8 Å². The lowest BCUT2D eigenvalue weighted by Crippen LogP contribution is -2.29. The van der Waals surface area contributed by atoms with Crippen LogP contribution in [-0.4, -0.2) is 30.4 Å². The van der Waals surface area contributed by atoms with Gasteiger partial charge in [0.25, 0.3) is 5.91 Å². The lowest BCUT2D eigenvalue weighted by Gasteiger charge is -2.18. The number of hydrogen-bond donors (Lipinski definition) is 2. The van der Waals surface area contributed by atoms with E-state index in [1.807, 2.05) is 68.4 Å². The molecule has 1 fully saturated rings. The summed E-state index contributed by atoms with van der Waals surface area (Å²) in [5.74, 6) is -0.473. The van der Waals surface area contributed by atoms with Crippen molar-refractivity contribution in [3.63, 3.8) is 0 Å². The van der Waals surface area contributed by atoms with Crippen molar-refractivity contribution in [3.05, 3.63) is 90.0 Å². The van der Waals surface area contributed by atoms with Gasteiger partial charge in [0, 0.05) is 25.2 Å². The number of benzene rings is 3. The highest BCUT2D eigenvalue weighted by Crippen LogP contribution is 2.28. The largest absolute Gasteiger partial charge is 0.491 e. The summed E-state index contributed by atoms with van der Waals surface area (Å²) in [5, 5.41) is 5.74. The molecule has 7 heteroatoms. The highest BCUT2D eigenvalue weighted by Gasteiger charge is 2.35. The van der Waals surface area contributed by atoms with Gasteiger partial charge < -0.3 is 20.3 Å². The molecule has 3 amide bonds. The van der Waals surface area contributed by atoms with Crippen LogP contribution < -0.4 is 20.3 Å². The Morgan fingerprint density at radius 3 is 2.37 bits per heavy atom. The summed E-state index contributed by atoms with van der Waals surface area (Å²) in [6, 6.07) is 23.8. The summed E-state index contributed by atoms with van der Waals surface area (Å²) in [7, 11) is 0. The molecule has 1 saturated heterocycles. The van der Waals surface area contributed by atoms with Crippen LogP contribution in [0.2, 0.25) is 0 Å². The number of hydrogen-bond acceptors (Lipinski definition) is 4. The SMILES string of the molecule is CC(C)Oc1ccc(N2C[C@H](C(=O)Nc3ccccc3C(=O)NCc3ccccc3)CC2=O)cc1. The van der Waals surface area contributed by atoms with Crippen LogP contribution >= 0.6 is 0 Å². The average molecular weight is 472 g/mol. The number of ether oxygens (including phenoxy) is 1. The predicted octanol–water partition coefficient (Wildman–Crippen LogP) is 4.40. The van der Waals surface area contributed by atoms with Gasteiger partial charge in [0.15, 0.2) is 0 Å². The minimum Gasteiger partial charge on any atom is -0.491 e. The van der Waals surface area contributed by atoms with Gasteiger partial charge in [-0.3, -0.25) is 14.4 Å². The van der Waals surface area contributed by atoms with Gasteiger partial charge >= 0.3 is 0 Å². The molecule has 2 N–H and O–H groups in total. The fourth-order valence-corrected chi connectivity index (χ4v) is 4.01. The maximum atomic E-state index is 13.0. The van der Waals surface area contributed by atoms with Crippen LogP contribution in [0.4, 0.5) is 11.4 Å². The molecule has 1 heterocycles. The zero-order chi connectivity index (χ0) is 24.8. The molecule has 0 aliphatic carbocycles. The molecule has 0 bridgehead atoms. The number of rotatable bonds is 8. The fourth-order valence-electron chi connectivity index (χ4n) is 4.01. The second-order valence-electron chi connectivity index (χ2n) is 8.77. The molecule has 3 aromatic carbocycles. The van der Waals surface area contributed by atoms with E-state index >= 15 is 0 Å². The molecule has 35 heavy (non-hydrogen) atoms. The van der Waals surface area contributed by atoms with E-state index < -0.39 is 5.92 Å². The van der Waals surface area contributed by atoms with E-state index in [1.165, 1.54) is 0 Å². The normalized spacial score (nSPS) is 15.2. The van der Waals surface area contributed by atoms with Gasteiger partial charge in [-0.2, -0.15) is 0 Å². The molecule has 0 spiro atoms. The minimum atomic E-state index is -0.519. The van der Waals surface area contributed by atoms with Gasteiger partial charge in [-0.15, -0.1) is 0 Å². The van der Waals surface area contributed by atoms with Crippen molar-refractivity contribution < 1.29 is 19.1 Å². The first-order valence-electron chi connectivity index (χ1n) is 11.7. The number of anilines is 2. The van der Waals surface area contributed by atoms with Crippen LogP contribution in [0.1, 0.15) is 36.2 Å². The molecule has 4 rings (SSSR count). The van der Waals surface area contributed by atoms with Gasteiger partial charge in [-0.05, 0) is 55.8 Å². The van der Waals surface area contributed by atoms with Crippen molar-refractivity contribution in [1.82, 2.24) is 5.32 Å². The number of carbonyl (C=O) groups excluding carboxylic acids is 3. The number of amides is 3. The Hall–Kier alpha value is -4.13. The number of carbonyl (C=O) groups is 3. The molecular formula is C28H29N3O4. The quantitative estimate of drug-likeness (QED) is 0.510. The molecule has 0 saturated carbocycles. The van der Waals surface area contributed by atoms with E-state index in [9.17, 15) is 14.4 Å². The molecule has 3 aromatic rings. The predicted molar refractivity (Wildman–Crippen MR) is 135 cm³/mol. The first-order valence-corrected chi connectivity index (χ1v) is 11.7. The molecule has 0 unspecified atom stereocenters. The smallest absolute Gasteiger partial charge is 0.253 e. The van der Waals surface area contributed by atoms with Crippen LogP contribution in [0.15, 0.2) is 78.9 Å². The summed E-state index contributed by atoms with van der Waals surface area (Å²) in [4.78, 5) is 40.1. The zero-order valence-electron chi connectivity index (χ0n) is 19.9. The summed E-state index contributed by atoms with van der Waals surface area (Å²) >= 11 is 0. The average Bonchev–Trinajstić information content (AvgIpc) is 3.25. The van der Waals surface area contributed by atoms with Crippen molar-refractivity contribution in [2.24, 2.45) is 5.92 Å². The summed E-state index contributed by atoms with van der Waals surface area (Å²) in [6.45, 7) is 4.56. The molecule has 1 aliphatic rings. The molecule has 1 aliphatic heterocycles. The van der Waals surface area contributed by atoms with Gasteiger partial charge in [0.05, 0.1) is 23.3 Å². The van der Waals surface area contributed by atoms with Crippen LogP contribution in [-0.2, 0) is 16.1 Å². The Morgan fingerprint density at radius 1 is 0.971 bits per heavy atom. The Balaban J connectivity index is 1.39. The minimum absolute atomic E-state index is 0.0608. The Labute approximate surface area is 205 Å². The van der Waals surface area contributed by atoms with E-state index in [1.54, 1.807) is 29.2 Å². The van der Waals surface area contributed by atoms with E-state index in [0.717, 1.165) is 17.0 Å². The second kappa shape index (κ2) is 10.9. The monoisotopic (exact) mass is 471 g/mol. The molecular weight excluding hydrogens is 442 g/mol. The second-order valence-corrected chi connectivity index (χ2v) is 8.77. The number of para-hydroxylation sites is 1. The third kappa shape index (κ3) is 6.06. The molecule has 0 aromatic heterocycles. The highest BCUT2D eigenvalue weighted by molar-refractivity contribution is 6.07. The van der Waals surface area contributed by atoms with Crippen molar-refractivity contribution in [2.45, 2.75) is 32.9 Å². The van der Waals surface area contributed by atoms with E-state index in [4.69, 9.17) is 4.74 Å². The van der Waals surface area contributed by atoms with Gasteiger partial charge in [0.1, 0.15) is 5.75 Å². The van der Waals surface area contributed by atoms with Crippen LogP contribution in [0.3, 0.4) is 0 Å². The molecule has 180 valence electrons. The zero-order valence-corrected chi connectivity index (χ0v) is 19.9. The van der Waals surface area contributed by atoms with Gasteiger partial charge in [0.2, 0.25) is 11.8 Å². The molecule has 0 radical (unpaired) electrons. The first kappa shape index (κ1) is 24.0. The maximum Gasteiger partial charge on any atom is 0.253 e. The fraction of sp³-hybridized carbons (Fsp3) is 0.250. The van der Waals surface area contributed by atoms with E-state index in [-0.39, 0.29) is 36.8 Å². The molecule has 7 nitrogen and oxygen atoms in total. The summed E-state index contributed by atoms with van der Waals surface area (Å²) in [5.41, 5.74) is 2.50. The van der Waals surface area contributed by atoms with Crippen molar-refractivity contribution in [1.29, 1.82) is 0 Å². The lowest BCUT2D eigenvalue weighted by molar-refractivity contribution is -0.122. The number of nitrogens with one attached hydrogen (secondary N) is 2. The molecule has 1 atom stereocenters. The number of nitrogens with zero attached hydrogens (tertiary/aromatic N) is 1. The lowest BCUT2D eigenvalue weighted by atomic mass is 10.1. The Bertz CT molecular complexity index is 1190. The van der Waals surface area contributed by atoms with Crippen molar-refractivity contribution in [3.8, 4) is 5.75 Å². The third-order valence-electron chi connectivity index (χ3n) is 5.74.